The molecule has 0 radical (unpaired) electrons. The second-order valence-corrected chi connectivity index (χ2v) is 2.48. The summed E-state index contributed by atoms with van der Waals surface area (Å²) >= 11 is 0. The van der Waals surface area contributed by atoms with Crippen LogP contribution in [0.25, 0.3) is 0 Å². The third-order valence-corrected chi connectivity index (χ3v) is 1.61. The third-order valence-electron chi connectivity index (χ3n) is 1.61. The van der Waals surface area contributed by atoms with Crippen LogP contribution >= 0.6 is 0 Å². The number of ether oxygens (including phenoxy) is 1. The maximum atomic E-state index is 8.61. The quantitative estimate of drug-likeness (QED) is 0.503. The molecular weight excluding hydrogens is 118 g/mol. The van der Waals surface area contributed by atoms with E-state index in [9.17, 15) is 0 Å². The molecule has 1 saturated heterocycles. The Morgan fingerprint density at radius 1 is 1.56 bits per heavy atom. The summed E-state index contributed by atoms with van der Waals surface area (Å²) in [5, 5.41) is 8.61. The Morgan fingerprint density at radius 3 is 2.78 bits per heavy atom. The Bertz CT molecular complexity index is 79.1. The highest BCUT2D eigenvalue weighted by Gasteiger charge is 2.17. The van der Waals surface area contributed by atoms with E-state index < -0.39 is 0 Å². The van der Waals surface area contributed by atoms with Gasteiger partial charge in [-0.05, 0) is 12.8 Å². The molecule has 3 nitrogen and oxygen atoms in total. The van der Waals surface area contributed by atoms with Gasteiger partial charge in [-0.3, -0.25) is 0 Å². The molecule has 0 spiro atoms. The average molecular weight is 131 g/mol. The molecule has 0 aromatic heterocycles. The lowest BCUT2D eigenvalue weighted by Crippen LogP contribution is -2.36. The molecule has 3 heteroatoms. The summed E-state index contributed by atoms with van der Waals surface area (Å²) < 4.78 is 5.16. The first-order chi connectivity index (χ1) is 4.33. The molecule has 0 aromatic carbocycles. The third kappa shape index (κ3) is 1.93. The van der Waals surface area contributed by atoms with Gasteiger partial charge in [-0.25, -0.2) is 0 Å². The van der Waals surface area contributed by atoms with Crippen LogP contribution in [0, 0.1) is 0 Å². The Labute approximate surface area is 54.8 Å². The molecule has 0 bridgehead atoms. The second kappa shape index (κ2) is 3.15. The summed E-state index contributed by atoms with van der Waals surface area (Å²) in [7, 11) is 0. The molecular formula is C6H13NO2. The van der Waals surface area contributed by atoms with Crippen molar-refractivity contribution in [2.24, 2.45) is 5.73 Å². The van der Waals surface area contributed by atoms with E-state index in [1.165, 1.54) is 0 Å². The molecule has 0 saturated carbocycles. The van der Waals surface area contributed by atoms with Crippen molar-refractivity contribution in [2.75, 3.05) is 13.2 Å². The van der Waals surface area contributed by atoms with Crippen LogP contribution in [-0.2, 0) is 4.74 Å². The highest BCUT2D eigenvalue weighted by Crippen LogP contribution is 2.10. The Morgan fingerprint density at radius 2 is 2.33 bits per heavy atom. The zero-order valence-corrected chi connectivity index (χ0v) is 5.42. The van der Waals surface area contributed by atoms with Crippen LogP contribution in [0.4, 0.5) is 0 Å². The minimum absolute atomic E-state index is 0.0461. The van der Waals surface area contributed by atoms with Crippen molar-refractivity contribution >= 4 is 0 Å². The van der Waals surface area contributed by atoms with Crippen LogP contribution in [0.2, 0.25) is 0 Å². The molecule has 1 aliphatic rings. The molecule has 3 N–H and O–H groups in total. The second-order valence-electron chi connectivity index (χ2n) is 2.48. The van der Waals surface area contributed by atoms with Gasteiger partial charge < -0.3 is 15.6 Å². The van der Waals surface area contributed by atoms with Crippen LogP contribution in [0.15, 0.2) is 0 Å². The molecule has 1 rings (SSSR count). The Kier molecular flexibility index (Phi) is 2.45. The van der Waals surface area contributed by atoms with Crippen LogP contribution in [0.1, 0.15) is 12.8 Å². The smallest absolute Gasteiger partial charge is 0.0807 e. The van der Waals surface area contributed by atoms with Gasteiger partial charge in [0.15, 0.2) is 0 Å². The monoisotopic (exact) mass is 131 g/mol. The molecule has 54 valence electrons. The van der Waals surface area contributed by atoms with E-state index in [4.69, 9.17) is 15.6 Å². The first kappa shape index (κ1) is 6.99. The van der Waals surface area contributed by atoms with Gasteiger partial charge in [0, 0.05) is 6.04 Å². The summed E-state index contributed by atoms with van der Waals surface area (Å²) in [6.07, 6.45) is 1.92. The van der Waals surface area contributed by atoms with E-state index in [1.54, 1.807) is 0 Å². The zero-order valence-electron chi connectivity index (χ0n) is 5.42. The van der Waals surface area contributed by atoms with E-state index in [2.05, 4.69) is 0 Å². The lowest BCUT2D eigenvalue weighted by molar-refractivity contribution is -0.0254. The first-order valence-electron chi connectivity index (χ1n) is 3.31. The van der Waals surface area contributed by atoms with Crippen molar-refractivity contribution in [2.45, 2.75) is 25.0 Å². The fourth-order valence-corrected chi connectivity index (χ4v) is 0.970. The number of nitrogens with two attached hydrogens (primary N) is 1. The predicted octanol–water partition coefficient (Wildman–Crippen LogP) is -0.515. The Hall–Kier alpha value is -0.120. The van der Waals surface area contributed by atoms with Crippen LogP contribution < -0.4 is 5.73 Å². The van der Waals surface area contributed by atoms with Crippen molar-refractivity contribution in [1.82, 2.24) is 0 Å². The minimum atomic E-state index is 0.0461. The van der Waals surface area contributed by atoms with E-state index in [0.29, 0.717) is 6.61 Å². The van der Waals surface area contributed by atoms with Gasteiger partial charge in [0.2, 0.25) is 0 Å². The van der Waals surface area contributed by atoms with Crippen molar-refractivity contribution in [3.63, 3.8) is 0 Å². The maximum Gasteiger partial charge on any atom is 0.0807 e. The largest absolute Gasteiger partial charge is 0.394 e. The summed E-state index contributed by atoms with van der Waals surface area (Å²) in [5.74, 6) is 0. The van der Waals surface area contributed by atoms with Crippen molar-refractivity contribution < 1.29 is 9.84 Å². The van der Waals surface area contributed by atoms with Gasteiger partial charge in [0.05, 0.1) is 19.3 Å². The molecule has 1 heterocycles. The standard InChI is InChI=1S/C6H13NO2/c7-5-1-2-6(3-8)9-4-5/h5-6,8H,1-4,7H2/t5?,6-/m1/s1. The van der Waals surface area contributed by atoms with Gasteiger partial charge in [-0.15, -0.1) is 0 Å². The van der Waals surface area contributed by atoms with Crippen molar-refractivity contribution in [3.8, 4) is 0 Å². The molecule has 2 atom stereocenters. The summed E-state index contributed by atoms with van der Waals surface area (Å²) in [4.78, 5) is 0. The van der Waals surface area contributed by atoms with Crippen LogP contribution in [-0.4, -0.2) is 30.5 Å². The number of rotatable bonds is 1. The number of aliphatic hydroxyl groups excluding tert-OH is 1. The fourth-order valence-electron chi connectivity index (χ4n) is 0.970. The van der Waals surface area contributed by atoms with E-state index in [1.807, 2.05) is 0 Å². The Balaban J connectivity index is 2.18. The summed E-state index contributed by atoms with van der Waals surface area (Å²) in [6.45, 7) is 0.734. The fraction of sp³-hybridized carbons (Fsp3) is 1.00. The molecule has 1 aliphatic heterocycles. The van der Waals surface area contributed by atoms with Crippen LogP contribution in [0.5, 0.6) is 0 Å². The molecule has 9 heavy (non-hydrogen) atoms. The molecule has 0 aliphatic carbocycles. The normalized spacial score (nSPS) is 36.7. The number of aliphatic hydroxyl groups is 1. The zero-order chi connectivity index (χ0) is 6.69. The maximum absolute atomic E-state index is 8.61. The molecule has 1 unspecified atom stereocenters. The van der Waals surface area contributed by atoms with Gasteiger partial charge in [0.25, 0.3) is 0 Å². The van der Waals surface area contributed by atoms with E-state index >= 15 is 0 Å². The highest BCUT2D eigenvalue weighted by molar-refractivity contribution is 4.70. The SMILES string of the molecule is NC1CC[C@H](CO)OC1. The predicted molar refractivity (Wildman–Crippen MR) is 34.0 cm³/mol. The van der Waals surface area contributed by atoms with Crippen molar-refractivity contribution in [1.29, 1.82) is 0 Å². The molecule has 0 amide bonds. The van der Waals surface area contributed by atoms with Crippen molar-refractivity contribution in [3.05, 3.63) is 0 Å². The van der Waals surface area contributed by atoms with Gasteiger partial charge in [-0.2, -0.15) is 0 Å². The van der Waals surface area contributed by atoms with Crippen LogP contribution in [0.3, 0.4) is 0 Å². The highest BCUT2D eigenvalue weighted by atomic mass is 16.5. The summed E-state index contributed by atoms with van der Waals surface area (Å²) in [6, 6.07) is 0.188. The molecule has 0 aromatic rings. The topological polar surface area (TPSA) is 55.5 Å². The summed E-state index contributed by atoms with van der Waals surface area (Å²) in [5.41, 5.74) is 5.55. The van der Waals surface area contributed by atoms with Gasteiger partial charge in [0.1, 0.15) is 0 Å². The van der Waals surface area contributed by atoms with E-state index in [-0.39, 0.29) is 18.8 Å². The lowest BCUT2D eigenvalue weighted by Gasteiger charge is -2.24. The lowest BCUT2D eigenvalue weighted by atomic mass is 10.1. The molecule has 1 fully saturated rings. The minimum Gasteiger partial charge on any atom is -0.394 e. The first-order valence-corrected chi connectivity index (χ1v) is 3.31. The van der Waals surface area contributed by atoms with Gasteiger partial charge in [-0.1, -0.05) is 0 Å². The van der Waals surface area contributed by atoms with E-state index in [0.717, 1.165) is 12.8 Å². The number of hydrogen-bond acceptors (Lipinski definition) is 3. The average Bonchev–Trinajstić information content (AvgIpc) is 1.90. The number of hydrogen-bond donors (Lipinski definition) is 2. The van der Waals surface area contributed by atoms with Gasteiger partial charge >= 0.3 is 0 Å².